The Balaban J connectivity index is 1.56. The van der Waals surface area contributed by atoms with E-state index in [9.17, 15) is 9.59 Å². The second kappa shape index (κ2) is 7.13. The first-order chi connectivity index (χ1) is 13.1. The molecule has 27 heavy (non-hydrogen) atoms. The van der Waals surface area contributed by atoms with Crippen molar-refractivity contribution in [3.63, 3.8) is 0 Å². The molecule has 0 bridgehead atoms. The number of hydrogen-bond acceptors (Lipinski definition) is 6. The van der Waals surface area contributed by atoms with E-state index in [1.807, 2.05) is 35.7 Å². The highest BCUT2D eigenvalue weighted by Crippen LogP contribution is 2.24. The molecule has 0 N–H and O–H groups in total. The predicted molar refractivity (Wildman–Crippen MR) is 104 cm³/mol. The number of fused-ring (bicyclic) bond motifs is 1. The maximum atomic E-state index is 12.5. The van der Waals surface area contributed by atoms with Gasteiger partial charge >= 0.3 is 5.97 Å². The first kappa shape index (κ1) is 17.1. The minimum Gasteiger partial charge on any atom is -0.454 e. The smallest absolute Gasteiger partial charge is 0.359 e. The van der Waals surface area contributed by atoms with E-state index in [1.54, 1.807) is 24.3 Å². The molecule has 4 aromatic rings. The number of ether oxygens (including phenoxy) is 1. The molecule has 2 aromatic heterocycles. The van der Waals surface area contributed by atoms with Crippen molar-refractivity contribution < 1.29 is 9.53 Å². The van der Waals surface area contributed by atoms with Gasteiger partial charge < -0.3 is 4.74 Å². The van der Waals surface area contributed by atoms with Crippen LogP contribution in [0.2, 0.25) is 0 Å². The summed E-state index contributed by atoms with van der Waals surface area (Å²) in [7, 11) is 1.51. The van der Waals surface area contributed by atoms with Crippen LogP contribution >= 0.6 is 11.3 Å². The Morgan fingerprint density at radius 1 is 1.07 bits per heavy atom. The van der Waals surface area contributed by atoms with E-state index in [-0.39, 0.29) is 17.9 Å². The lowest BCUT2D eigenvalue weighted by molar-refractivity contribution is 0.0461. The molecule has 0 aliphatic rings. The predicted octanol–water partition coefficient (Wildman–Crippen LogP) is 3.41. The normalized spacial score (nSPS) is 10.9. The second-order valence-electron chi connectivity index (χ2n) is 5.91. The molecule has 4 rings (SSSR count). The summed E-state index contributed by atoms with van der Waals surface area (Å²) in [5.74, 6) is -0.587. The Morgan fingerprint density at radius 2 is 1.78 bits per heavy atom. The largest absolute Gasteiger partial charge is 0.454 e. The zero-order valence-corrected chi connectivity index (χ0v) is 15.3. The zero-order valence-electron chi connectivity index (χ0n) is 14.5. The van der Waals surface area contributed by atoms with E-state index < -0.39 is 5.97 Å². The molecule has 0 atom stereocenters. The van der Waals surface area contributed by atoms with Crippen molar-refractivity contribution in [1.82, 2.24) is 14.8 Å². The Kier molecular flexibility index (Phi) is 4.52. The lowest BCUT2D eigenvalue weighted by atomic mass is 10.1. The Labute approximate surface area is 158 Å². The van der Waals surface area contributed by atoms with Gasteiger partial charge in [-0.15, -0.1) is 11.3 Å². The summed E-state index contributed by atoms with van der Waals surface area (Å²) in [6.45, 7) is 0.0427. The van der Waals surface area contributed by atoms with E-state index in [2.05, 4.69) is 10.1 Å². The fourth-order valence-electron chi connectivity index (χ4n) is 2.74. The van der Waals surface area contributed by atoms with E-state index in [0.29, 0.717) is 16.5 Å². The Bertz CT molecular complexity index is 1180. The summed E-state index contributed by atoms with van der Waals surface area (Å²) in [4.78, 5) is 29.2. The van der Waals surface area contributed by atoms with Crippen LogP contribution in [0.25, 0.3) is 21.3 Å². The van der Waals surface area contributed by atoms with Gasteiger partial charge in [0, 0.05) is 23.4 Å². The van der Waals surface area contributed by atoms with Crippen molar-refractivity contribution in [3.05, 3.63) is 81.7 Å². The van der Waals surface area contributed by atoms with Crippen LogP contribution in [0, 0.1) is 0 Å². The molecule has 0 aliphatic heterocycles. The Hall–Kier alpha value is -3.32. The number of rotatable bonds is 4. The van der Waals surface area contributed by atoms with Crippen LogP contribution in [0.15, 0.2) is 64.8 Å². The number of hydrogen-bond donors (Lipinski definition) is 0. The summed E-state index contributed by atoms with van der Waals surface area (Å²) >= 11 is 1.49. The van der Waals surface area contributed by atoms with Crippen LogP contribution < -0.4 is 5.56 Å². The number of aryl methyl sites for hydroxylation is 1. The van der Waals surface area contributed by atoms with Gasteiger partial charge in [-0.25, -0.2) is 14.5 Å². The second-order valence-corrected chi connectivity index (χ2v) is 6.77. The van der Waals surface area contributed by atoms with Crippen LogP contribution in [0.4, 0.5) is 0 Å². The number of thiazole rings is 1. The topological polar surface area (TPSA) is 74.1 Å². The molecule has 134 valence electrons. The molecule has 2 heterocycles. The third kappa shape index (κ3) is 3.37. The van der Waals surface area contributed by atoms with Gasteiger partial charge in [0.15, 0.2) is 5.69 Å². The minimum absolute atomic E-state index is 0.0427. The molecule has 0 radical (unpaired) electrons. The van der Waals surface area contributed by atoms with Crippen LogP contribution in [-0.4, -0.2) is 20.7 Å². The monoisotopic (exact) mass is 377 g/mol. The minimum atomic E-state index is -0.587. The van der Waals surface area contributed by atoms with Gasteiger partial charge in [0.05, 0.1) is 11.1 Å². The molecule has 0 spiro atoms. The van der Waals surface area contributed by atoms with Crippen molar-refractivity contribution in [2.75, 3.05) is 0 Å². The van der Waals surface area contributed by atoms with Gasteiger partial charge in [-0.05, 0) is 6.07 Å². The van der Waals surface area contributed by atoms with Gasteiger partial charge in [0.2, 0.25) is 0 Å². The summed E-state index contributed by atoms with van der Waals surface area (Å²) in [6, 6.07) is 16.7. The van der Waals surface area contributed by atoms with Crippen molar-refractivity contribution in [3.8, 4) is 10.6 Å². The first-order valence-corrected chi connectivity index (χ1v) is 9.14. The van der Waals surface area contributed by atoms with Crippen molar-refractivity contribution in [1.29, 1.82) is 0 Å². The summed E-state index contributed by atoms with van der Waals surface area (Å²) in [5.41, 5.74) is 1.55. The average Bonchev–Trinajstić information content (AvgIpc) is 3.19. The summed E-state index contributed by atoms with van der Waals surface area (Å²) < 4.78 is 6.54. The number of benzene rings is 2. The van der Waals surface area contributed by atoms with E-state index >= 15 is 0 Å². The average molecular weight is 377 g/mol. The lowest BCUT2D eigenvalue weighted by Gasteiger charge is -2.07. The van der Waals surface area contributed by atoms with Crippen molar-refractivity contribution >= 4 is 28.1 Å². The third-order valence-electron chi connectivity index (χ3n) is 4.07. The molecule has 0 aliphatic carbocycles. The molecule has 0 unspecified atom stereocenters. The number of carbonyl (C=O) groups is 1. The third-order valence-corrected chi connectivity index (χ3v) is 5.01. The fourth-order valence-corrected chi connectivity index (χ4v) is 3.56. The molecule has 2 aromatic carbocycles. The quantitative estimate of drug-likeness (QED) is 0.510. The highest BCUT2D eigenvalue weighted by molar-refractivity contribution is 7.13. The number of carbonyl (C=O) groups excluding carboxylic acids is 1. The maximum Gasteiger partial charge on any atom is 0.359 e. The fraction of sp³-hybridized carbons (Fsp3) is 0.100. The van der Waals surface area contributed by atoms with Gasteiger partial charge in [-0.2, -0.15) is 5.10 Å². The van der Waals surface area contributed by atoms with Crippen LogP contribution in [0.1, 0.15) is 16.2 Å². The van der Waals surface area contributed by atoms with Crippen LogP contribution in [0.5, 0.6) is 0 Å². The molecule has 0 saturated carbocycles. The van der Waals surface area contributed by atoms with E-state index in [0.717, 1.165) is 15.3 Å². The maximum absolute atomic E-state index is 12.5. The number of esters is 1. The molecule has 0 amide bonds. The van der Waals surface area contributed by atoms with Crippen molar-refractivity contribution in [2.45, 2.75) is 6.61 Å². The van der Waals surface area contributed by atoms with Gasteiger partial charge in [0.25, 0.3) is 5.56 Å². The van der Waals surface area contributed by atoms with Gasteiger partial charge in [-0.3, -0.25) is 4.79 Å². The SMILES string of the molecule is Cn1nc(C(=O)OCc2csc(-c3ccccc3)n2)c2ccccc2c1=O. The van der Waals surface area contributed by atoms with Gasteiger partial charge in [-0.1, -0.05) is 48.5 Å². The molecule has 7 heteroatoms. The van der Waals surface area contributed by atoms with E-state index in [1.165, 1.54) is 18.4 Å². The summed E-state index contributed by atoms with van der Waals surface area (Å²) in [6.07, 6.45) is 0. The highest BCUT2D eigenvalue weighted by Gasteiger charge is 2.17. The number of aromatic nitrogens is 3. The van der Waals surface area contributed by atoms with E-state index in [4.69, 9.17) is 4.74 Å². The lowest BCUT2D eigenvalue weighted by Crippen LogP contribution is -2.23. The Morgan fingerprint density at radius 3 is 2.56 bits per heavy atom. The molecular formula is C20H15N3O3S. The highest BCUT2D eigenvalue weighted by atomic mass is 32.1. The van der Waals surface area contributed by atoms with Gasteiger partial charge in [0.1, 0.15) is 11.6 Å². The molecule has 0 fully saturated rings. The van der Waals surface area contributed by atoms with Crippen LogP contribution in [-0.2, 0) is 18.4 Å². The summed E-state index contributed by atoms with van der Waals surface area (Å²) in [5, 5.41) is 7.72. The van der Waals surface area contributed by atoms with Crippen molar-refractivity contribution in [2.24, 2.45) is 7.05 Å². The zero-order chi connectivity index (χ0) is 18.8. The molecule has 6 nitrogen and oxygen atoms in total. The van der Waals surface area contributed by atoms with Crippen LogP contribution in [0.3, 0.4) is 0 Å². The molecular weight excluding hydrogens is 362 g/mol. The molecule has 0 saturated heterocycles. The first-order valence-electron chi connectivity index (χ1n) is 8.26. The number of nitrogens with zero attached hydrogens (tertiary/aromatic N) is 3. The standard InChI is InChI=1S/C20H15N3O3S/c1-23-19(24)16-10-6-5-9-15(16)17(22-23)20(25)26-11-14-12-27-18(21-14)13-7-3-2-4-8-13/h2-10,12H,11H2,1H3.